The first-order chi connectivity index (χ1) is 19.7. The van der Waals surface area contributed by atoms with Gasteiger partial charge in [0.1, 0.15) is 11.6 Å². The third-order valence-electron chi connectivity index (χ3n) is 6.91. The predicted molar refractivity (Wildman–Crippen MR) is 145 cm³/mol. The van der Waals surface area contributed by atoms with Crippen LogP contribution in [0.15, 0.2) is 59.8 Å². The van der Waals surface area contributed by atoms with Gasteiger partial charge < -0.3 is 20.7 Å². The minimum atomic E-state index is -4.36. The van der Waals surface area contributed by atoms with Crippen molar-refractivity contribution in [1.82, 2.24) is 19.1 Å². The summed E-state index contributed by atoms with van der Waals surface area (Å²) in [6.07, 6.45) is 2.80. The van der Waals surface area contributed by atoms with Crippen molar-refractivity contribution in [2.75, 3.05) is 11.9 Å². The second-order valence-electron chi connectivity index (χ2n) is 10.3. The lowest BCUT2D eigenvalue weighted by molar-refractivity contribution is 0.0696. The second kappa shape index (κ2) is 10.2. The minimum absolute atomic E-state index is 0.00577. The van der Waals surface area contributed by atoms with E-state index in [1.165, 1.54) is 41.2 Å². The van der Waals surface area contributed by atoms with Crippen LogP contribution in [0.5, 0.6) is 0 Å². The zero-order valence-electron chi connectivity index (χ0n) is 22.2. The van der Waals surface area contributed by atoms with Crippen LogP contribution in [-0.2, 0) is 22.0 Å². The fraction of sp³-hybridized carbons (Fsp3) is 0.185. The quantitative estimate of drug-likeness (QED) is 0.252. The summed E-state index contributed by atoms with van der Waals surface area (Å²) in [4.78, 5) is 36.3. The number of hydrogen-bond acceptors (Lipinski definition) is 6. The third kappa shape index (κ3) is 5.14. The number of nitrogens with two attached hydrogens (primary N) is 1. The molecule has 12 nitrogen and oxygen atoms in total. The van der Waals surface area contributed by atoms with E-state index in [9.17, 15) is 36.7 Å². The maximum atomic E-state index is 13.9. The Morgan fingerprint density at radius 2 is 1.76 bits per heavy atom. The molecule has 0 bridgehead atoms. The Balaban J connectivity index is 1.49. The van der Waals surface area contributed by atoms with Gasteiger partial charge in [-0.1, -0.05) is 13.8 Å². The highest BCUT2D eigenvalue weighted by molar-refractivity contribution is 7.89. The summed E-state index contributed by atoms with van der Waals surface area (Å²) in [6.45, 7) is 3.13. The van der Waals surface area contributed by atoms with E-state index in [0.717, 1.165) is 16.4 Å². The first kappa shape index (κ1) is 28.6. The van der Waals surface area contributed by atoms with Crippen LogP contribution in [0.3, 0.4) is 0 Å². The SMILES string of the molecule is CC1(C)CN(S(=O)(=O)c2cc(F)cc(F)c2)Cc2c(NC(=O)c3cc(-n4ccc(C(=O)O)c4)ccc3C(N)=O)n[nH]c21. The Bertz CT molecular complexity index is 1860. The van der Waals surface area contributed by atoms with Gasteiger partial charge in [-0.3, -0.25) is 14.7 Å². The predicted octanol–water partition coefficient (Wildman–Crippen LogP) is 3.01. The van der Waals surface area contributed by atoms with Crippen LogP contribution >= 0.6 is 0 Å². The molecule has 0 radical (unpaired) electrons. The molecule has 15 heteroatoms. The molecule has 0 atom stereocenters. The van der Waals surface area contributed by atoms with E-state index < -0.39 is 49.8 Å². The molecular formula is C27H24F2N6O6S. The molecule has 1 aliphatic rings. The number of benzene rings is 2. The Hall–Kier alpha value is -4.89. The molecule has 4 aromatic rings. The number of carboxylic acid groups (broad SMARTS) is 1. The number of nitrogens with zero attached hydrogens (tertiary/aromatic N) is 3. The molecule has 0 aliphatic carbocycles. The number of amides is 2. The number of aromatic carboxylic acids is 1. The molecule has 2 aromatic carbocycles. The van der Waals surface area contributed by atoms with Gasteiger partial charge in [0.2, 0.25) is 15.9 Å². The van der Waals surface area contributed by atoms with Crippen molar-refractivity contribution in [3.63, 3.8) is 0 Å². The zero-order valence-corrected chi connectivity index (χ0v) is 23.0. The number of H-pyrrole nitrogens is 1. The normalized spacial score (nSPS) is 14.8. The maximum absolute atomic E-state index is 13.9. The standard InChI is InChI=1S/C27H24F2N6O6S/c1-27(2)13-35(42(40,41)18-8-15(28)7-16(29)9-18)12-21-22(27)32-33-24(21)31-25(37)20-10-17(3-4-19(20)23(30)36)34-6-5-14(11-34)26(38)39/h3-11H,12-13H2,1-2H3,(H2,30,36)(H,38,39)(H2,31,32,33,37). The van der Waals surface area contributed by atoms with Gasteiger partial charge in [-0.2, -0.15) is 9.40 Å². The number of primary amides is 1. The summed E-state index contributed by atoms with van der Waals surface area (Å²) in [6, 6.07) is 7.53. The van der Waals surface area contributed by atoms with Gasteiger partial charge in [-0.25, -0.2) is 22.0 Å². The van der Waals surface area contributed by atoms with Crippen LogP contribution in [0.4, 0.5) is 14.6 Å². The molecule has 0 saturated carbocycles. The summed E-state index contributed by atoms with van der Waals surface area (Å²) >= 11 is 0. The number of fused-ring (bicyclic) bond motifs is 1. The van der Waals surface area contributed by atoms with Crippen molar-refractivity contribution in [2.24, 2.45) is 5.73 Å². The van der Waals surface area contributed by atoms with Gasteiger partial charge in [-0.05, 0) is 36.4 Å². The summed E-state index contributed by atoms with van der Waals surface area (Å²) in [7, 11) is -4.36. The highest BCUT2D eigenvalue weighted by atomic mass is 32.2. The van der Waals surface area contributed by atoms with Crippen LogP contribution in [0.1, 0.15) is 56.2 Å². The van der Waals surface area contributed by atoms with E-state index in [-0.39, 0.29) is 35.6 Å². The molecule has 5 rings (SSSR count). The van der Waals surface area contributed by atoms with Crippen molar-refractivity contribution >= 4 is 33.6 Å². The lowest BCUT2D eigenvalue weighted by Crippen LogP contribution is -2.45. The van der Waals surface area contributed by atoms with E-state index in [0.29, 0.717) is 23.0 Å². The number of carbonyl (C=O) groups is 3. The van der Waals surface area contributed by atoms with Crippen LogP contribution in [-0.4, -0.2) is 56.9 Å². The Morgan fingerprint density at radius 3 is 2.38 bits per heavy atom. The number of nitrogens with one attached hydrogen (secondary N) is 2. The van der Waals surface area contributed by atoms with E-state index in [1.807, 2.05) is 0 Å². The Kier molecular flexibility index (Phi) is 6.94. The molecule has 5 N–H and O–H groups in total. The number of anilines is 1. The van der Waals surface area contributed by atoms with Crippen molar-refractivity contribution in [3.8, 4) is 5.69 Å². The molecule has 2 amide bonds. The van der Waals surface area contributed by atoms with Crippen LogP contribution in [0.2, 0.25) is 0 Å². The van der Waals surface area contributed by atoms with Gasteiger partial charge in [-0.15, -0.1) is 0 Å². The molecule has 0 spiro atoms. The number of rotatable bonds is 7. The Morgan fingerprint density at radius 1 is 1.07 bits per heavy atom. The topological polar surface area (TPSA) is 180 Å². The number of halogens is 2. The molecule has 218 valence electrons. The van der Waals surface area contributed by atoms with Crippen LogP contribution in [0, 0.1) is 11.6 Å². The largest absolute Gasteiger partial charge is 0.478 e. The summed E-state index contributed by atoms with van der Waals surface area (Å²) in [5, 5.41) is 18.8. The van der Waals surface area contributed by atoms with Crippen LogP contribution < -0.4 is 11.1 Å². The fourth-order valence-corrected chi connectivity index (χ4v) is 6.50. The van der Waals surface area contributed by atoms with E-state index in [2.05, 4.69) is 15.5 Å². The molecular weight excluding hydrogens is 574 g/mol. The third-order valence-corrected chi connectivity index (χ3v) is 8.68. The highest BCUT2D eigenvalue weighted by Gasteiger charge is 2.41. The van der Waals surface area contributed by atoms with Gasteiger partial charge in [0.25, 0.3) is 5.91 Å². The molecule has 2 aromatic heterocycles. The monoisotopic (exact) mass is 598 g/mol. The van der Waals surface area contributed by atoms with Gasteiger partial charge >= 0.3 is 5.97 Å². The fourth-order valence-electron chi connectivity index (χ4n) is 4.89. The number of sulfonamides is 1. The summed E-state index contributed by atoms with van der Waals surface area (Å²) in [5.74, 6) is -4.96. The number of aromatic nitrogens is 3. The molecule has 0 unspecified atom stereocenters. The summed E-state index contributed by atoms with van der Waals surface area (Å²) in [5.41, 5.74) is 5.60. The lowest BCUT2D eigenvalue weighted by atomic mass is 9.84. The maximum Gasteiger partial charge on any atom is 0.337 e. The highest BCUT2D eigenvalue weighted by Crippen LogP contribution is 2.38. The van der Waals surface area contributed by atoms with Crippen molar-refractivity contribution in [2.45, 2.75) is 30.7 Å². The van der Waals surface area contributed by atoms with Crippen molar-refractivity contribution in [1.29, 1.82) is 0 Å². The molecule has 0 fully saturated rings. The minimum Gasteiger partial charge on any atom is -0.478 e. The molecule has 0 saturated heterocycles. The van der Waals surface area contributed by atoms with E-state index >= 15 is 0 Å². The van der Waals surface area contributed by atoms with Crippen LogP contribution in [0.25, 0.3) is 5.69 Å². The van der Waals surface area contributed by atoms with Gasteiger partial charge in [0, 0.05) is 53.9 Å². The van der Waals surface area contributed by atoms with Crippen molar-refractivity contribution < 1.29 is 36.7 Å². The molecule has 1 aliphatic heterocycles. The lowest BCUT2D eigenvalue weighted by Gasteiger charge is -2.36. The van der Waals surface area contributed by atoms with E-state index in [1.54, 1.807) is 13.8 Å². The second-order valence-corrected chi connectivity index (χ2v) is 12.3. The molecule has 42 heavy (non-hydrogen) atoms. The van der Waals surface area contributed by atoms with E-state index in [4.69, 9.17) is 5.73 Å². The zero-order chi connectivity index (χ0) is 30.6. The Labute approximate surface area is 237 Å². The first-order valence-corrected chi connectivity index (χ1v) is 13.8. The van der Waals surface area contributed by atoms with Gasteiger partial charge in [0.05, 0.1) is 21.6 Å². The number of aromatic amines is 1. The summed E-state index contributed by atoms with van der Waals surface area (Å²) < 4.78 is 57.0. The average Bonchev–Trinajstić information content (AvgIpc) is 3.56. The number of carboxylic acids is 1. The average molecular weight is 599 g/mol. The number of carbonyl (C=O) groups excluding carboxylic acids is 2. The number of hydrogen-bond donors (Lipinski definition) is 4. The van der Waals surface area contributed by atoms with Crippen molar-refractivity contribution in [3.05, 3.63) is 94.4 Å². The molecule has 3 heterocycles. The smallest absolute Gasteiger partial charge is 0.337 e. The van der Waals surface area contributed by atoms with Gasteiger partial charge in [0.15, 0.2) is 5.82 Å². The first-order valence-electron chi connectivity index (χ1n) is 12.4.